The van der Waals surface area contributed by atoms with Crippen molar-refractivity contribution in [3.63, 3.8) is 0 Å². The molecule has 0 aromatic heterocycles. The van der Waals surface area contributed by atoms with E-state index < -0.39 is 83.7 Å². The van der Waals surface area contributed by atoms with Gasteiger partial charge in [0.2, 0.25) is 0 Å². The fourth-order valence-corrected chi connectivity index (χ4v) is 15.7. The maximum Gasteiger partial charge on any atom is 0.333 e. The molecule has 2 atom stereocenters. The predicted octanol–water partition coefficient (Wildman–Crippen LogP) is 19.3. The van der Waals surface area contributed by atoms with E-state index in [1.807, 2.05) is 27.7 Å². The molecule has 2 aliphatic carbocycles. The molecule has 0 saturated heterocycles. The molecule has 0 N–H and O–H groups in total. The lowest BCUT2D eigenvalue weighted by Crippen LogP contribution is -2.52. The third kappa shape index (κ3) is 18.4. The zero-order valence-corrected chi connectivity index (χ0v) is 68.0. The minimum Gasteiger partial charge on any atom is -0.462 e. The van der Waals surface area contributed by atoms with Crippen LogP contribution in [0.15, 0.2) is 170 Å². The molecule has 2 heterocycles. The minimum absolute atomic E-state index is 0.0188. The molecule has 9 aromatic carbocycles. The van der Waals surface area contributed by atoms with Crippen LogP contribution in [-0.4, -0.2) is 120 Å². The summed E-state index contributed by atoms with van der Waals surface area (Å²) in [7, 11) is 0. The molecular weight excluding hydrogens is 1500 g/mol. The van der Waals surface area contributed by atoms with Gasteiger partial charge in [-0.2, -0.15) is 0 Å². The van der Waals surface area contributed by atoms with Gasteiger partial charge in [0.1, 0.15) is 70.3 Å². The smallest absolute Gasteiger partial charge is 0.333 e. The first-order valence-electron chi connectivity index (χ1n) is 40.5. The highest BCUT2D eigenvalue weighted by Crippen LogP contribution is 2.58. The van der Waals surface area contributed by atoms with E-state index in [1.165, 1.54) is 24.3 Å². The summed E-state index contributed by atoms with van der Waals surface area (Å²) in [6.45, 7) is 28.7. The van der Waals surface area contributed by atoms with Crippen molar-refractivity contribution >= 4 is 103 Å². The monoisotopic (exact) mass is 1600 g/mol. The Morgan fingerprint density at radius 3 is 0.780 bits per heavy atom. The van der Waals surface area contributed by atoms with Crippen LogP contribution in [0.1, 0.15) is 196 Å². The van der Waals surface area contributed by atoms with Gasteiger partial charge < -0.3 is 47.4 Å². The number of fused-ring (bicyclic) bond motifs is 2. The molecule has 0 radical (unpaired) electrons. The van der Waals surface area contributed by atoms with Crippen LogP contribution in [0.25, 0.3) is 43.1 Å². The summed E-state index contributed by atoms with van der Waals surface area (Å²) in [6, 6.07) is 31.1. The first-order chi connectivity index (χ1) is 56.6. The number of hydrogen-bond donors (Lipinski definition) is 0. The summed E-state index contributed by atoms with van der Waals surface area (Å²) in [5.41, 5.74) is 3.65. The number of amides is 4. The van der Waals surface area contributed by atoms with E-state index in [0.29, 0.717) is 51.4 Å². The van der Waals surface area contributed by atoms with Crippen molar-refractivity contribution in [1.82, 2.24) is 9.80 Å². The van der Waals surface area contributed by atoms with Crippen LogP contribution >= 0.6 is 0 Å². The SMILES string of the molecule is C=C(C)C(=O)OCCc1ccc(Oc2cc3c4c(cc(Oc5ccc(CCOC(=O)C(=C)C)cc5)c5c6c(Oc7ccc(CCOC(=O)C(=C)C)cc7)cc7c8c(cc(Oc9ccc(CCOC(=O)C(=C)C)cc9)c(c2c45)c86)C(=O)N(C(CC(C)C)C(=O)OC2CCCCC2)C7=O)C(=O)N(C(CC(C)C)C(=O)OC2CCCCC2)C3=O)cc1. The van der Waals surface area contributed by atoms with E-state index in [2.05, 4.69) is 26.3 Å². The molecule has 2 aliphatic heterocycles. The minimum atomic E-state index is -1.44. The second-order valence-corrected chi connectivity index (χ2v) is 32.0. The molecule has 4 amide bonds. The first-order valence-corrected chi connectivity index (χ1v) is 40.5. The molecule has 2 saturated carbocycles. The quantitative estimate of drug-likeness (QED) is 0.00905. The number of esters is 6. The number of rotatable bonds is 34. The number of benzene rings is 9. The number of carbonyl (C=O) groups excluding carboxylic acids is 10. The molecule has 612 valence electrons. The number of hydrogen-bond acceptors (Lipinski definition) is 20. The van der Waals surface area contributed by atoms with Crippen molar-refractivity contribution in [2.24, 2.45) is 11.8 Å². The van der Waals surface area contributed by atoms with Gasteiger partial charge in [-0.3, -0.25) is 29.0 Å². The molecule has 13 rings (SSSR count). The van der Waals surface area contributed by atoms with Gasteiger partial charge in [-0.15, -0.1) is 0 Å². The highest BCUT2D eigenvalue weighted by molar-refractivity contribution is 6.45. The molecule has 22 heteroatoms. The summed E-state index contributed by atoms with van der Waals surface area (Å²) in [5.74, 6) is -6.86. The maximum atomic E-state index is 16.6. The lowest BCUT2D eigenvalue weighted by molar-refractivity contribution is -0.156. The molecule has 2 fully saturated rings. The Morgan fingerprint density at radius 1 is 0.339 bits per heavy atom. The van der Waals surface area contributed by atoms with Gasteiger partial charge in [-0.1, -0.05) is 115 Å². The fourth-order valence-electron chi connectivity index (χ4n) is 15.7. The van der Waals surface area contributed by atoms with Crippen LogP contribution in [0.4, 0.5) is 0 Å². The summed E-state index contributed by atoms with van der Waals surface area (Å²) < 4.78 is 63.8. The van der Waals surface area contributed by atoms with Crippen LogP contribution in [0, 0.1) is 11.8 Å². The molecule has 0 spiro atoms. The second kappa shape index (κ2) is 36.4. The molecule has 9 aromatic rings. The Hall–Kier alpha value is -12.5. The van der Waals surface area contributed by atoms with E-state index in [1.54, 1.807) is 125 Å². The van der Waals surface area contributed by atoms with Crippen LogP contribution in [0.3, 0.4) is 0 Å². The Kier molecular flexibility index (Phi) is 25.7. The van der Waals surface area contributed by atoms with Crippen LogP contribution in [0.5, 0.6) is 46.0 Å². The lowest BCUT2D eigenvalue weighted by Gasteiger charge is -2.36. The van der Waals surface area contributed by atoms with Crippen molar-refractivity contribution in [2.45, 2.75) is 182 Å². The van der Waals surface area contributed by atoms with Crippen molar-refractivity contribution in [3.05, 3.63) is 214 Å². The van der Waals surface area contributed by atoms with Gasteiger partial charge in [-0.05, 0) is 199 Å². The Balaban J connectivity index is 1.14. The summed E-state index contributed by atoms with van der Waals surface area (Å²) in [4.78, 5) is 149. The number of carbonyl (C=O) groups is 10. The number of ether oxygens (including phenoxy) is 10. The maximum absolute atomic E-state index is 16.6. The van der Waals surface area contributed by atoms with Crippen LogP contribution < -0.4 is 18.9 Å². The highest BCUT2D eigenvalue weighted by Gasteiger charge is 2.48. The van der Waals surface area contributed by atoms with Gasteiger partial charge in [0, 0.05) is 91.1 Å². The second-order valence-electron chi connectivity index (χ2n) is 32.0. The number of nitrogens with zero attached hydrogens (tertiary/aromatic N) is 2. The van der Waals surface area contributed by atoms with Crippen LogP contribution in [0.2, 0.25) is 0 Å². The zero-order chi connectivity index (χ0) is 83.9. The van der Waals surface area contributed by atoms with Crippen molar-refractivity contribution in [1.29, 1.82) is 0 Å². The third-order valence-corrected chi connectivity index (χ3v) is 21.7. The van der Waals surface area contributed by atoms with E-state index in [9.17, 15) is 19.2 Å². The van der Waals surface area contributed by atoms with E-state index in [-0.39, 0.29) is 185 Å². The van der Waals surface area contributed by atoms with E-state index in [4.69, 9.17) is 47.4 Å². The molecule has 0 bridgehead atoms. The summed E-state index contributed by atoms with van der Waals surface area (Å²) in [6.07, 6.45) is 7.98. The highest BCUT2D eigenvalue weighted by atomic mass is 16.6. The van der Waals surface area contributed by atoms with Gasteiger partial charge >= 0.3 is 35.8 Å². The normalized spacial score (nSPS) is 14.8. The number of imide groups is 2. The van der Waals surface area contributed by atoms with Gasteiger partial charge in [0.15, 0.2) is 0 Å². The van der Waals surface area contributed by atoms with Crippen LogP contribution in [-0.2, 0) is 82.9 Å². The zero-order valence-electron chi connectivity index (χ0n) is 68.0. The molecular formula is C96H98N2O20. The van der Waals surface area contributed by atoms with Gasteiger partial charge in [0.25, 0.3) is 23.6 Å². The van der Waals surface area contributed by atoms with Gasteiger partial charge in [-0.25, -0.2) is 28.8 Å². The predicted molar refractivity (Wildman–Crippen MR) is 445 cm³/mol. The fraction of sp³-hybridized carbons (Fsp3) is 0.354. The largest absolute Gasteiger partial charge is 0.462 e. The van der Waals surface area contributed by atoms with Crippen molar-refractivity contribution in [3.8, 4) is 46.0 Å². The van der Waals surface area contributed by atoms with Crippen molar-refractivity contribution in [2.75, 3.05) is 26.4 Å². The average molecular weight is 1600 g/mol. The molecule has 2 unspecified atom stereocenters. The molecule has 4 aliphatic rings. The average Bonchev–Trinajstić information content (AvgIpc) is 0.670. The third-order valence-electron chi connectivity index (χ3n) is 21.7. The Bertz CT molecular complexity index is 4870. The van der Waals surface area contributed by atoms with Gasteiger partial charge in [0.05, 0.1) is 48.7 Å². The topological polar surface area (TPSA) is 269 Å². The van der Waals surface area contributed by atoms with Crippen molar-refractivity contribution < 1.29 is 95.3 Å². The Labute approximate surface area is 685 Å². The molecule has 22 nitrogen and oxygen atoms in total. The van der Waals surface area contributed by atoms with E-state index >= 15 is 28.8 Å². The molecule has 118 heavy (non-hydrogen) atoms. The lowest BCUT2D eigenvalue weighted by atomic mass is 9.80. The Morgan fingerprint density at radius 2 is 0.568 bits per heavy atom. The first kappa shape index (κ1) is 83.5. The van der Waals surface area contributed by atoms with E-state index in [0.717, 1.165) is 70.6 Å². The summed E-state index contributed by atoms with van der Waals surface area (Å²) in [5, 5.41) is 1.19. The summed E-state index contributed by atoms with van der Waals surface area (Å²) >= 11 is 0. The standard InChI is InChI=1S/C96H98N2O20/c1-53(2)47-73(95(107)117-63-19-15-13-16-20-63)97-87(99)69-49-75(113-65-31-23-59(24-32-65)39-43-109-91(103)55(5)6)81-83-77(115-67-35-27-61(28-36-67)41-45-111-93(105)57(9)10)51-71-80-72(90(102)98(89(71)101)74(48-54(3)4)96(108)118-64-21-17-14-18-22-64)52-78(116-68-37-29-62(30-38-68)42-46-112-94(106)58(11)12)84(86(80)83)82-76(50-70(88(97)100)79(69)85(81)82)114-66-33-25-60(26-34-66)40-44-110-92(104)56(7)8/h23-38,49-54,63-64,73-74H,5,7,9,11,13-22,39-48H2,1-4,6,8,10,12H3.